The third-order valence-electron chi connectivity index (χ3n) is 5.22. The molecule has 0 saturated heterocycles. The summed E-state index contributed by atoms with van der Waals surface area (Å²) >= 11 is 0. The molecule has 1 fully saturated rings. The molecular formula is C16H28N4O. The molecule has 3 unspecified atom stereocenters. The van der Waals surface area contributed by atoms with E-state index in [1.165, 1.54) is 0 Å². The Morgan fingerprint density at radius 2 is 2.24 bits per heavy atom. The molecule has 0 bridgehead atoms. The molecule has 1 saturated carbocycles. The first-order valence-corrected chi connectivity index (χ1v) is 7.84. The highest BCUT2D eigenvalue weighted by atomic mass is 16.1. The monoisotopic (exact) mass is 292 g/mol. The number of rotatable bonds is 4. The predicted octanol–water partition coefficient (Wildman–Crippen LogP) is 1.71. The molecule has 1 aliphatic rings. The van der Waals surface area contributed by atoms with Crippen molar-refractivity contribution in [1.29, 1.82) is 0 Å². The zero-order chi connectivity index (χ0) is 15.6. The van der Waals surface area contributed by atoms with Gasteiger partial charge >= 0.3 is 0 Å². The molecule has 3 atom stereocenters. The molecule has 1 aromatic heterocycles. The van der Waals surface area contributed by atoms with E-state index in [9.17, 15) is 4.79 Å². The SMILES string of the molecule is Cc1cnn(CCNC(=O)C2CCC(N)C(C)C2(C)C)c1. The van der Waals surface area contributed by atoms with Crippen molar-refractivity contribution < 1.29 is 4.79 Å². The van der Waals surface area contributed by atoms with Gasteiger partial charge in [-0.25, -0.2) is 0 Å². The molecule has 118 valence electrons. The first-order chi connectivity index (χ1) is 9.82. The van der Waals surface area contributed by atoms with Crippen LogP contribution in [0.25, 0.3) is 0 Å². The second-order valence-electron chi connectivity index (χ2n) is 6.98. The average molecular weight is 292 g/mol. The Balaban J connectivity index is 1.88. The Bertz CT molecular complexity index is 494. The fraction of sp³-hybridized carbons (Fsp3) is 0.750. The van der Waals surface area contributed by atoms with Crippen molar-refractivity contribution in [3.05, 3.63) is 18.0 Å². The fourth-order valence-corrected chi connectivity index (χ4v) is 3.33. The van der Waals surface area contributed by atoms with E-state index in [1.807, 2.05) is 24.0 Å². The second kappa shape index (κ2) is 6.18. The van der Waals surface area contributed by atoms with E-state index in [4.69, 9.17) is 5.73 Å². The summed E-state index contributed by atoms with van der Waals surface area (Å²) in [6.45, 7) is 9.83. The summed E-state index contributed by atoms with van der Waals surface area (Å²) in [5.74, 6) is 0.560. The molecule has 0 aromatic carbocycles. The van der Waals surface area contributed by atoms with Crippen molar-refractivity contribution in [3.63, 3.8) is 0 Å². The standard InChI is InChI=1S/C16H28N4O/c1-11-9-19-20(10-11)8-7-18-15(21)13-5-6-14(17)12(2)16(13,3)4/h9-10,12-14H,5-8,17H2,1-4H3,(H,18,21). The molecule has 5 heteroatoms. The molecule has 1 aromatic rings. The number of aromatic nitrogens is 2. The van der Waals surface area contributed by atoms with Crippen molar-refractivity contribution >= 4 is 5.91 Å². The minimum Gasteiger partial charge on any atom is -0.354 e. The maximum absolute atomic E-state index is 12.5. The molecule has 21 heavy (non-hydrogen) atoms. The molecule has 0 aliphatic heterocycles. The molecule has 1 amide bonds. The Morgan fingerprint density at radius 3 is 2.86 bits per heavy atom. The van der Waals surface area contributed by atoms with Crippen LogP contribution in [0.4, 0.5) is 0 Å². The highest BCUT2D eigenvalue weighted by Crippen LogP contribution is 2.44. The zero-order valence-electron chi connectivity index (χ0n) is 13.6. The summed E-state index contributed by atoms with van der Waals surface area (Å²) in [5, 5.41) is 7.29. The third kappa shape index (κ3) is 3.46. The summed E-state index contributed by atoms with van der Waals surface area (Å²) in [6.07, 6.45) is 5.62. The van der Waals surface area contributed by atoms with Crippen LogP contribution < -0.4 is 11.1 Å². The molecule has 3 N–H and O–H groups in total. The molecule has 0 radical (unpaired) electrons. The van der Waals surface area contributed by atoms with E-state index in [2.05, 4.69) is 31.2 Å². The summed E-state index contributed by atoms with van der Waals surface area (Å²) in [6, 6.07) is 0.205. The predicted molar refractivity (Wildman–Crippen MR) is 83.6 cm³/mol. The van der Waals surface area contributed by atoms with Crippen molar-refractivity contribution in [2.75, 3.05) is 6.54 Å². The van der Waals surface area contributed by atoms with Crippen LogP contribution >= 0.6 is 0 Å². The fourth-order valence-electron chi connectivity index (χ4n) is 3.33. The van der Waals surface area contributed by atoms with Crippen molar-refractivity contribution in [2.24, 2.45) is 23.0 Å². The smallest absolute Gasteiger partial charge is 0.223 e. The molecule has 1 heterocycles. The number of nitrogens with zero attached hydrogens (tertiary/aromatic N) is 2. The van der Waals surface area contributed by atoms with Gasteiger partial charge in [0.25, 0.3) is 0 Å². The van der Waals surface area contributed by atoms with Gasteiger partial charge in [-0.3, -0.25) is 9.48 Å². The van der Waals surface area contributed by atoms with E-state index in [1.54, 1.807) is 0 Å². The minimum absolute atomic E-state index is 0.0478. The van der Waals surface area contributed by atoms with Crippen LogP contribution in [-0.2, 0) is 11.3 Å². The lowest BCUT2D eigenvalue weighted by Crippen LogP contribution is -2.51. The number of hydrogen-bond acceptors (Lipinski definition) is 3. The summed E-state index contributed by atoms with van der Waals surface area (Å²) in [7, 11) is 0. The Morgan fingerprint density at radius 1 is 1.52 bits per heavy atom. The lowest BCUT2D eigenvalue weighted by Gasteiger charge is -2.46. The lowest BCUT2D eigenvalue weighted by atomic mass is 9.61. The number of hydrogen-bond donors (Lipinski definition) is 2. The van der Waals surface area contributed by atoms with Crippen molar-refractivity contribution in [2.45, 2.75) is 53.1 Å². The van der Waals surface area contributed by atoms with Gasteiger partial charge in [0.2, 0.25) is 5.91 Å². The van der Waals surface area contributed by atoms with Crippen LogP contribution in [0.3, 0.4) is 0 Å². The maximum atomic E-state index is 12.5. The van der Waals surface area contributed by atoms with Gasteiger partial charge in [-0.2, -0.15) is 5.10 Å². The first-order valence-electron chi connectivity index (χ1n) is 7.84. The van der Waals surface area contributed by atoms with Crippen LogP contribution in [0.15, 0.2) is 12.4 Å². The van der Waals surface area contributed by atoms with Gasteiger partial charge in [0.1, 0.15) is 0 Å². The van der Waals surface area contributed by atoms with Crippen LogP contribution in [0.1, 0.15) is 39.2 Å². The molecule has 2 rings (SSSR count). The van der Waals surface area contributed by atoms with E-state index in [0.717, 1.165) is 18.4 Å². The molecule has 1 aliphatic carbocycles. The number of carbonyl (C=O) groups excluding carboxylic acids is 1. The largest absolute Gasteiger partial charge is 0.354 e. The second-order valence-corrected chi connectivity index (χ2v) is 6.98. The maximum Gasteiger partial charge on any atom is 0.223 e. The van der Waals surface area contributed by atoms with Crippen molar-refractivity contribution in [3.8, 4) is 0 Å². The molecule has 5 nitrogen and oxygen atoms in total. The highest BCUT2D eigenvalue weighted by Gasteiger charge is 2.44. The first kappa shape index (κ1) is 16.0. The Labute approximate surface area is 127 Å². The van der Waals surface area contributed by atoms with Crippen molar-refractivity contribution in [1.82, 2.24) is 15.1 Å². The number of nitrogens with two attached hydrogens (primary N) is 1. The summed E-state index contributed by atoms with van der Waals surface area (Å²) in [5.41, 5.74) is 7.24. The third-order valence-corrected chi connectivity index (χ3v) is 5.22. The zero-order valence-corrected chi connectivity index (χ0v) is 13.6. The summed E-state index contributed by atoms with van der Waals surface area (Å²) < 4.78 is 1.86. The quantitative estimate of drug-likeness (QED) is 0.887. The lowest BCUT2D eigenvalue weighted by molar-refractivity contribution is -0.132. The van der Waals surface area contributed by atoms with Crippen LogP contribution in [0.2, 0.25) is 0 Å². The number of aryl methyl sites for hydroxylation is 1. The number of carbonyl (C=O) groups is 1. The van der Waals surface area contributed by atoms with Crippen LogP contribution in [0.5, 0.6) is 0 Å². The van der Waals surface area contributed by atoms with E-state index >= 15 is 0 Å². The van der Waals surface area contributed by atoms with E-state index in [0.29, 0.717) is 19.0 Å². The minimum atomic E-state index is -0.0515. The van der Waals surface area contributed by atoms with Gasteiger partial charge in [0.15, 0.2) is 0 Å². The topological polar surface area (TPSA) is 72.9 Å². The molecule has 0 spiro atoms. The van der Waals surface area contributed by atoms with Gasteiger partial charge in [-0.15, -0.1) is 0 Å². The Kier molecular flexibility index (Phi) is 4.71. The van der Waals surface area contributed by atoms with Gasteiger partial charge in [0.05, 0.1) is 12.7 Å². The average Bonchev–Trinajstić information content (AvgIpc) is 2.82. The Hall–Kier alpha value is -1.36. The van der Waals surface area contributed by atoms with Gasteiger partial charge in [0, 0.05) is 24.7 Å². The van der Waals surface area contributed by atoms with Crippen LogP contribution in [-0.4, -0.2) is 28.3 Å². The number of nitrogens with one attached hydrogen (secondary N) is 1. The van der Waals surface area contributed by atoms with Gasteiger partial charge in [-0.1, -0.05) is 20.8 Å². The van der Waals surface area contributed by atoms with E-state index < -0.39 is 0 Å². The van der Waals surface area contributed by atoms with E-state index in [-0.39, 0.29) is 23.3 Å². The highest BCUT2D eigenvalue weighted by molar-refractivity contribution is 5.79. The summed E-state index contributed by atoms with van der Waals surface area (Å²) in [4.78, 5) is 12.5. The molecular weight excluding hydrogens is 264 g/mol. The normalized spacial score (nSPS) is 28.3. The van der Waals surface area contributed by atoms with Crippen LogP contribution in [0, 0.1) is 24.2 Å². The van der Waals surface area contributed by atoms with Gasteiger partial charge in [-0.05, 0) is 36.7 Å². The van der Waals surface area contributed by atoms with Gasteiger partial charge < -0.3 is 11.1 Å². The number of amides is 1.